The van der Waals surface area contributed by atoms with E-state index in [0.717, 1.165) is 108 Å². The summed E-state index contributed by atoms with van der Waals surface area (Å²) in [6.07, 6.45) is 44.3. The summed E-state index contributed by atoms with van der Waals surface area (Å²) in [7, 11) is -9.89. The van der Waals surface area contributed by atoms with Crippen molar-refractivity contribution in [2.24, 2.45) is 11.8 Å². The van der Waals surface area contributed by atoms with Crippen LogP contribution >= 0.6 is 15.6 Å². The molecule has 0 aliphatic carbocycles. The number of rotatable bonds is 67. The van der Waals surface area contributed by atoms with E-state index in [2.05, 4.69) is 41.5 Å². The van der Waals surface area contributed by atoms with Crippen LogP contribution in [0.15, 0.2) is 0 Å². The fourth-order valence-electron chi connectivity index (χ4n) is 10.2. The van der Waals surface area contributed by atoms with Gasteiger partial charge in [0.05, 0.1) is 26.4 Å². The Labute approximate surface area is 530 Å². The van der Waals surface area contributed by atoms with Crippen LogP contribution in [0.4, 0.5) is 0 Å². The molecule has 0 aromatic carbocycles. The third-order valence-corrected chi connectivity index (χ3v) is 18.3. The smallest absolute Gasteiger partial charge is 0.462 e. The largest absolute Gasteiger partial charge is 0.472 e. The zero-order valence-electron chi connectivity index (χ0n) is 56.3. The van der Waals surface area contributed by atoms with Crippen LogP contribution in [-0.4, -0.2) is 96.7 Å². The van der Waals surface area contributed by atoms with Crippen molar-refractivity contribution in [2.45, 2.75) is 362 Å². The molecule has 0 heterocycles. The van der Waals surface area contributed by atoms with E-state index in [0.29, 0.717) is 25.7 Å². The predicted molar refractivity (Wildman–Crippen MR) is 349 cm³/mol. The average molecular weight is 1280 g/mol. The van der Waals surface area contributed by atoms with E-state index in [1.165, 1.54) is 154 Å². The first-order chi connectivity index (χ1) is 41.9. The molecular weight excluding hydrogens is 1150 g/mol. The Bertz CT molecular complexity index is 1700. The van der Waals surface area contributed by atoms with Crippen LogP contribution in [0.3, 0.4) is 0 Å². The van der Waals surface area contributed by atoms with Gasteiger partial charge in [0.1, 0.15) is 19.3 Å². The maximum absolute atomic E-state index is 13.0. The van der Waals surface area contributed by atoms with E-state index in [1.54, 1.807) is 0 Å². The molecule has 0 aromatic heterocycles. The molecule has 7 atom stereocenters. The zero-order chi connectivity index (χ0) is 64.3. The van der Waals surface area contributed by atoms with Crippen molar-refractivity contribution >= 4 is 39.5 Å². The maximum atomic E-state index is 13.0. The minimum absolute atomic E-state index is 0.105. The second kappa shape index (κ2) is 60.3. The fourth-order valence-corrected chi connectivity index (χ4v) is 11.8. The number of esters is 4. The highest BCUT2D eigenvalue weighted by Gasteiger charge is 2.30. The highest BCUT2D eigenvalue weighted by Crippen LogP contribution is 2.45. The van der Waals surface area contributed by atoms with Gasteiger partial charge in [0.15, 0.2) is 12.2 Å². The lowest BCUT2D eigenvalue weighted by atomic mass is 9.99. The van der Waals surface area contributed by atoms with Crippen LogP contribution in [0.25, 0.3) is 0 Å². The monoisotopic (exact) mass is 1280 g/mol. The highest BCUT2D eigenvalue weighted by molar-refractivity contribution is 7.47. The molecule has 87 heavy (non-hydrogen) atoms. The Kier molecular flexibility index (Phi) is 59.0. The summed E-state index contributed by atoms with van der Waals surface area (Å²) in [6.45, 7) is 9.51. The summed E-state index contributed by atoms with van der Waals surface area (Å²) in [5.74, 6) is -0.582. The molecule has 19 heteroatoms. The normalized spacial score (nSPS) is 14.8. The maximum Gasteiger partial charge on any atom is 0.472 e. The van der Waals surface area contributed by atoms with Crippen LogP contribution in [0.2, 0.25) is 0 Å². The summed E-state index contributed by atoms with van der Waals surface area (Å²) in [5, 5.41) is 10.6. The molecule has 0 amide bonds. The topological polar surface area (TPSA) is 237 Å². The van der Waals surface area contributed by atoms with Crippen LogP contribution in [0, 0.1) is 11.8 Å². The fraction of sp³-hybridized carbons (Fsp3) is 0.941. The van der Waals surface area contributed by atoms with Crippen LogP contribution in [0.5, 0.6) is 0 Å². The molecule has 0 spiro atoms. The Hall–Kier alpha value is -1.94. The summed E-state index contributed by atoms with van der Waals surface area (Å²) in [5.41, 5.74) is 0. The van der Waals surface area contributed by atoms with Gasteiger partial charge in [-0.05, 0) is 37.5 Å². The number of hydrogen-bond donors (Lipinski definition) is 3. The number of aliphatic hydroxyl groups is 1. The van der Waals surface area contributed by atoms with E-state index >= 15 is 0 Å². The lowest BCUT2D eigenvalue weighted by Crippen LogP contribution is -2.30. The average Bonchev–Trinajstić information content (AvgIpc) is 3.70. The van der Waals surface area contributed by atoms with Crippen molar-refractivity contribution < 1.29 is 80.2 Å². The van der Waals surface area contributed by atoms with Gasteiger partial charge in [0.25, 0.3) is 0 Å². The molecule has 0 saturated heterocycles. The summed E-state index contributed by atoms with van der Waals surface area (Å²) in [4.78, 5) is 72.4. The van der Waals surface area contributed by atoms with Gasteiger partial charge >= 0.3 is 39.5 Å². The Morgan fingerprint density at radius 3 is 0.816 bits per heavy atom. The van der Waals surface area contributed by atoms with Gasteiger partial charge in [-0.3, -0.25) is 37.3 Å². The summed E-state index contributed by atoms with van der Waals surface area (Å²) in [6, 6.07) is 0. The van der Waals surface area contributed by atoms with Crippen molar-refractivity contribution in [1.29, 1.82) is 0 Å². The molecule has 0 aliphatic heterocycles. The van der Waals surface area contributed by atoms with E-state index in [1.807, 2.05) is 0 Å². The molecule has 0 fully saturated rings. The minimum Gasteiger partial charge on any atom is -0.462 e. The molecule has 0 bridgehead atoms. The Morgan fingerprint density at radius 2 is 0.552 bits per heavy atom. The second-order valence-corrected chi connectivity index (χ2v) is 28.0. The van der Waals surface area contributed by atoms with Gasteiger partial charge in [0.2, 0.25) is 0 Å². The Balaban J connectivity index is 5.24. The number of carbonyl (C=O) groups is 4. The summed E-state index contributed by atoms with van der Waals surface area (Å²) >= 11 is 0. The number of aliphatic hydroxyl groups excluding tert-OH is 1. The molecular formula is C68H132O17P2. The first-order valence-electron chi connectivity index (χ1n) is 35.6. The molecule has 516 valence electrons. The van der Waals surface area contributed by atoms with Gasteiger partial charge in [0, 0.05) is 25.7 Å². The number of hydrogen-bond acceptors (Lipinski definition) is 15. The van der Waals surface area contributed by atoms with Gasteiger partial charge in [-0.25, -0.2) is 9.13 Å². The SMILES string of the molecule is CCCCCCCCCCCCCCCCCC(=O)O[C@H](COC(=O)CCCCCCCCCCC(C)CC)COP(=O)(O)OC[C@@H](O)COP(=O)(O)OC[C@@H](COC(=O)CCCCCCCCCC)OC(=O)CCCCCCCCCCC(C)CC. The Morgan fingerprint density at radius 1 is 0.322 bits per heavy atom. The quantitative estimate of drug-likeness (QED) is 0.0222. The van der Waals surface area contributed by atoms with Crippen molar-refractivity contribution in [3.05, 3.63) is 0 Å². The number of unbranched alkanes of at least 4 members (excludes halogenated alkanes) is 35. The first-order valence-corrected chi connectivity index (χ1v) is 38.6. The van der Waals surface area contributed by atoms with Gasteiger partial charge < -0.3 is 33.8 Å². The second-order valence-electron chi connectivity index (χ2n) is 25.0. The number of carbonyl (C=O) groups excluding carboxylic acids is 4. The van der Waals surface area contributed by atoms with Crippen molar-refractivity contribution in [2.75, 3.05) is 39.6 Å². The van der Waals surface area contributed by atoms with E-state index in [4.69, 9.17) is 37.0 Å². The molecule has 3 N–H and O–H groups in total. The minimum atomic E-state index is -4.95. The van der Waals surface area contributed by atoms with Gasteiger partial charge in [-0.2, -0.15) is 0 Å². The van der Waals surface area contributed by atoms with Crippen molar-refractivity contribution in [3.63, 3.8) is 0 Å². The molecule has 0 rings (SSSR count). The van der Waals surface area contributed by atoms with E-state index in [9.17, 15) is 43.2 Å². The lowest BCUT2D eigenvalue weighted by molar-refractivity contribution is -0.161. The van der Waals surface area contributed by atoms with E-state index in [-0.39, 0.29) is 25.7 Å². The molecule has 0 aliphatic rings. The van der Waals surface area contributed by atoms with Crippen LogP contribution in [0.1, 0.15) is 343 Å². The van der Waals surface area contributed by atoms with Crippen molar-refractivity contribution in [3.8, 4) is 0 Å². The first kappa shape index (κ1) is 85.1. The standard InChI is InChI=1S/C68H132O17P2/c1-7-11-13-15-17-19-20-21-22-23-24-25-34-40-46-52-67(72)84-64(57-79-66(71)51-45-39-33-28-26-30-36-42-48-60(5)9-3)59-83-87(76,77)81-55-62(69)54-80-86(74,75)82-58-63(56-78-65(70)50-44-38-32-18-16-14-12-8-2)85-68(73)53-47-41-35-29-27-31-37-43-49-61(6)10-4/h60-64,69H,7-59H2,1-6H3,(H,74,75)(H,76,77)/t60?,61?,62-,63+,64+/m0/s1. The highest BCUT2D eigenvalue weighted by atomic mass is 31.2. The van der Waals surface area contributed by atoms with Gasteiger partial charge in [-0.15, -0.1) is 0 Å². The van der Waals surface area contributed by atoms with Crippen LogP contribution < -0.4 is 0 Å². The number of ether oxygens (including phenoxy) is 4. The molecule has 0 radical (unpaired) electrons. The number of phosphoric acid groups is 2. The molecule has 0 aromatic rings. The molecule has 17 nitrogen and oxygen atoms in total. The third kappa shape index (κ3) is 60.1. The number of phosphoric ester groups is 2. The predicted octanol–water partition coefficient (Wildman–Crippen LogP) is 19.2. The van der Waals surface area contributed by atoms with Crippen LogP contribution in [-0.2, 0) is 65.4 Å². The lowest BCUT2D eigenvalue weighted by Gasteiger charge is -2.21. The third-order valence-electron chi connectivity index (χ3n) is 16.4. The van der Waals surface area contributed by atoms with Crippen molar-refractivity contribution in [1.82, 2.24) is 0 Å². The molecule has 0 saturated carbocycles. The summed E-state index contributed by atoms with van der Waals surface area (Å²) < 4.78 is 68.2. The van der Waals surface area contributed by atoms with Gasteiger partial charge in [-0.1, -0.05) is 292 Å². The van der Waals surface area contributed by atoms with E-state index < -0.39 is 97.5 Å². The zero-order valence-corrected chi connectivity index (χ0v) is 58.1. The molecule has 4 unspecified atom stereocenters.